The van der Waals surface area contributed by atoms with Gasteiger partial charge >= 0.3 is 29.8 Å². The van der Waals surface area contributed by atoms with Crippen molar-refractivity contribution in [1.29, 1.82) is 0 Å². The number of nitrogens with two attached hydrogens (primary N) is 6. The Balaban J connectivity index is 2.47. The van der Waals surface area contributed by atoms with E-state index in [1.807, 2.05) is 0 Å². The Kier molecular flexibility index (Phi) is 37.3. The molecule has 0 saturated carbocycles. The van der Waals surface area contributed by atoms with Crippen LogP contribution in [-0.4, -0.2) is 252 Å². The maximum Gasteiger partial charge on any atom is 0.326 e. The van der Waals surface area contributed by atoms with Crippen LogP contribution in [0.4, 0.5) is 0 Å². The van der Waals surface area contributed by atoms with Gasteiger partial charge in [0.25, 0.3) is 0 Å². The summed E-state index contributed by atoms with van der Waals surface area (Å²) < 4.78 is 0. The van der Waals surface area contributed by atoms with Crippen LogP contribution in [0.3, 0.4) is 0 Å². The fourth-order valence-corrected chi connectivity index (χ4v) is 10.9. The van der Waals surface area contributed by atoms with Crippen molar-refractivity contribution >= 4 is 125 Å². The molecule has 26 N–H and O–H groups in total. The smallest absolute Gasteiger partial charge is 0.326 e. The molecule has 2 rings (SSSR count). The molecule has 42 heteroatoms. The van der Waals surface area contributed by atoms with Gasteiger partial charge in [0.15, 0.2) is 11.9 Å². The second-order valence-electron chi connectivity index (χ2n) is 24.8. The standard InChI is InChI=1S/C59H97N19O22S/c1-27(2)23-34(50(92)73-35(24-40(61)79)56(98)78-22-8-12-39(78)53(95)74-36(57(99)100)25-44(86)87)72-48(90)32(14-17-42(82)83)70-51(93)37(26-101)75-54(96)45(28(3)4)76-49(91)33(15-18-43(84)85)69-46(88)30(9-5-19-66-58(62)63)68-47(89)31(10-6-20-67-59(64)65)71-52(94)38-11-7-21-77(38)55(97)29(60)13-16-41(80)81/h27-39,45,101H,5-26,60H2,1-4H3,(H2,61,79)(H,68,89)(H,69,88)(H,70,93)(H,71,94)(H,72,90)(H,73,92)(H,74,95)(H,75,96)(H,76,91)(H,80,81)(H,82,83)(H,84,85)(H,86,87)(H,99,100)(H4,62,63,66)(H4,64,65,67)/t29-,30-,31-,32-,33-,34-,35-,36-,37-,38-,39-,45-/m0/s1. The van der Waals surface area contributed by atoms with Crippen molar-refractivity contribution in [2.75, 3.05) is 31.9 Å². The zero-order valence-electron chi connectivity index (χ0n) is 56.5. The normalized spacial score (nSPS) is 17.0. The molecule has 101 heavy (non-hydrogen) atoms. The molecule has 2 saturated heterocycles. The van der Waals surface area contributed by atoms with Gasteiger partial charge in [-0.05, 0) is 88.9 Å². The van der Waals surface area contributed by atoms with E-state index in [0.717, 1.165) is 4.90 Å². The molecule has 2 fully saturated rings. The lowest BCUT2D eigenvalue weighted by molar-refractivity contribution is -0.148. The number of aliphatic carboxylic acids is 5. The second kappa shape index (κ2) is 43.4. The lowest BCUT2D eigenvalue weighted by Gasteiger charge is -2.30. The zero-order valence-corrected chi connectivity index (χ0v) is 57.4. The molecule has 0 aromatic carbocycles. The van der Waals surface area contributed by atoms with Crippen LogP contribution in [0.1, 0.15) is 137 Å². The number of carbonyl (C=O) groups is 17. The number of carbonyl (C=O) groups excluding carboxylic acids is 12. The van der Waals surface area contributed by atoms with Gasteiger partial charge < -0.3 is 118 Å². The maximum atomic E-state index is 14.4. The molecule has 2 aliphatic rings. The fraction of sp³-hybridized carbons (Fsp3) is 0.678. The Hall–Kier alpha value is -10.2. The summed E-state index contributed by atoms with van der Waals surface area (Å²) in [5, 5.41) is 68.7. The summed E-state index contributed by atoms with van der Waals surface area (Å²) >= 11 is 4.20. The first-order valence-corrected chi connectivity index (χ1v) is 33.1. The molecule has 0 unspecified atom stereocenters. The summed E-state index contributed by atoms with van der Waals surface area (Å²) in [6.45, 7) is 5.95. The topological polar surface area (TPSA) is 687 Å². The number of thiol groups is 1. The van der Waals surface area contributed by atoms with Gasteiger partial charge in [-0.15, -0.1) is 0 Å². The first kappa shape index (κ1) is 86.9. The summed E-state index contributed by atoms with van der Waals surface area (Å²) in [6, 6.07) is -19.1. The molecule has 0 bridgehead atoms. The minimum absolute atomic E-state index is 0.0153. The second-order valence-corrected chi connectivity index (χ2v) is 25.2. The van der Waals surface area contributed by atoms with Crippen LogP contribution < -0.4 is 82.3 Å². The van der Waals surface area contributed by atoms with Crippen LogP contribution in [0, 0.1) is 11.8 Å². The average Bonchev–Trinajstić information content (AvgIpc) is 1.76. The monoisotopic (exact) mass is 1460 g/mol. The predicted molar refractivity (Wildman–Crippen MR) is 357 cm³/mol. The van der Waals surface area contributed by atoms with Gasteiger partial charge in [0, 0.05) is 51.2 Å². The van der Waals surface area contributed by atoms with Crippen molar-refractivity contribution in [2.45, 2.75) is 209 Å². The molecular formula is C59H97N19O22S. The minimum atomic E-state index is -1.89. The Bertz CT molecular complexity index is 3060. The molecule has 12 atom stereocenters. The van der Waals surface area contributed by atoms with Gasteiger partial charge in [0.1, 0.15) is 66.5 Å². The molecule has 566 valence electrons. The lowest BCUT2D eigenvalue weighted by Crippen LogP contribution is -2.61. The number of likely N-dealkylation sites (tertiary alicyclic amines) is 2. The molecule has 12 amide bonds. The third-order valence-corrected chi connectivity index (χ3v) is 16.2. The summed E-state index contributed by atoms with van der Waals surface area (Å²) in [7, 11) is 0. The van der Waals surface area contributed by atoms with Crippen LogP contribution in [0.15, 0.2) is 9.98 Å². The van der Waals surface area contributed by atoms with E-state index in [2.05, 4.69) is 70.5 Å². The van der Waals surface area contributed by atoms with E-state index in [4.69, 9.17) is 44.6 Å². The van der Waals surface area contributed by atoms with E-state index >= 15 is 0 Å². The number of nitrogens with zero attached hydrogens (tertiary/aromatic N) is 4. The number of rotatable bonds is 46. The van der Waals surface area contributed by atoms with Crippen LogP contribution in [0.5, 0.6) is 0 Å². The SMILES string of the molecule is CC(C)C[C@H](NC(=O)[C@H](CCC(=O)O)NC(=O)[C@H](CS)NC(=O)[C@@H](NC(=O)[C@H](CCC(=O)O)NC(=O)[C@H](CCCN=C(N)N)NC(=O)[C@H](CCCN=C(N)N)NC(=O)[C@@H]1CCCN1C(=O)[C@@H](N)CCC(=O)O)C(C)C)C(=O)N[C@@H](CC(N)=O)C(=O)N1CCC[C@H]1C(=O)N[C@@H](CC(=O)O)C(=O)O. The highest BCUT2D eigenvalue weighted by Crippen LogP contribution is 2.22. The summed E-state index contributed by atoms with van der Waals surface area (Å²) in [5.41, 5.74) is 33.4. The maximum absolute atomic E-state index is 14.4. The zero-order chi connectivity index (χ0) is 76.5. The highest BCUT2D eigenvalue weighted by atomic mass is 32.1. The minimum Gasteiger partial charge on any atom is -0.481 e. The predicted octanol–water partition coefficient (Wildman–Crippen LogP) is -7.57. The van der Waals surface area contributed by atoms with Crippen molar-refractivity contribution in [3.05, 3.63) is 0 Å². The molecule has 0 aromatic rings. The molecular weight excluding hydrogens is 1360 g/mol. The first-order chi connectivity index (χ1) is 47.3. The number of hydrogen-bond donors (Lipinski definition) is 21. The molecule has 0 spiro atoms. The van der Waals surface area contributed by atoms with Crippen molar-refractivity contribution in [3.8, 4) is 0 Å². The van der Waals surface area contributed by atoms with Gasteiger partial charge in [-0.2, -0.15) is 12.6 Å². The number of aliphatic imine (C=N–C) groups is 2. The van der Waals surface area contributed by atoms with Gasteiger partial charge in [-0.1, -0.05) is 27.7 Å². The van der Waals surface area contributed by atoms with E-state index < -0.39 is 236 Å². The Morgan fingerprint density at radius 2 is 0.822 bits per heavy atom. The Morgan fingerprint density at radius 3 is 1.23 bits per heavy atom. The van der Waals surface area contributed by atoms with Gasteiger partial charge in [-0.3, -0.25) is 86.7 Å². The quantitative estimate of drug-likeness (QED) is 0.0116. The van der Waals surface area contributed by atoms with Crippen molar-refractivity contribution in [2.24, 2.45) is 56.2 Å². The van der Waals surface area contributed by atoms with E-state index in [1.165, 1.54) is 18.7 Å². The van der Waals surface area contributed by atoms with Crippen LogP contribution in [0.2, 0.25) is 0 Å². The van der Waals surface area contributed by atoms with Gasteiger partial charge in [-0.25, -0.2) is 4.79 Å². The van der Waals surface area contributed by atoms with E-state index in [-0.39, 0.29) is 95.9 Å². The number of hydrogen-bond acceptors (Lipinski definition) is 21. The highest BCUT2D eigenvalue weighted by Gasteiger charge is 2.43. The number of primary amides is 1. The number of carboxylic acids is 5. The summed E-state index contributed by atoms with van der Waals surface area (Å²) in [4.78, 5) is 234. The average molecular weight is 1460 g/mol. The molecule has 0 aliphatic carbocycles. The molecule has 2 heterocycles. The first-order valence-electron chi connectivity index (χ1n) is 32.5. The van der Waals surface area contributed by atoms with Crippen molar-refractivity contribution in [1.82, 2.24) is 57.7 Å². The Labute approximate surface area is 585 Å². The van der Waals surface area contributed by atoms with Crippen LogP contribution in [0.25, 0.3) is 0 Å². The summed E-state index contributed by atoms with van der Waals surface area (Å²) in [6.07, 6.45) is -5.31. The number of guanidine groups is 2. The molecule has 2 aliphatic heterocycles. The van der Waals surface area contributed by atoms with E-state index in [0.29, 0.717) is 6.42 Å². The molecule has 0 aromatic heterocycles. The van der Waals surface area contributed by atoms with Crippen LogP contribution in [-0.2, 0) is 81.5 Å². The lowest BCUT2D eigenvalue weighted by atomic mass is 10.0. The van der Waals surface area contributed by atoms with E-state index in [9.17, 15) is 96.8 Å². The Morgan fingerprint density at radius 1 is 0.446 bits per heavy atom. The highest BCUT2D eigenvalue weighted by molar-refractivity contribution is 7.80. The molecule has 0 radical (unpaired) electrons. The van der Waals surface area contributed by atoms with Gasteiger partial charge in [0.2, 0.25) is 70.9 Å². The third kappa shape index (κ3) is 31.3. The summed E-state index contributed by atoms with van der Waals surface area (Å²) in [5.74, 6) is -22.2. The number of carboxylic acid groups (broad SMARTS) is 5. The molecule has 41 nitrogen and oxygen atoms in total. The number of nitrogens with one attached hydrogen (secondary N) is 9. The van der Waals surface area contributed by atoms with Crippen LogP contribution >= 0.6 is 12.6 Å². The van der Waals surface area contributed by atoms with E-state index in [1.54, 1.807) is 13.8 Å². The number of amides is 12. The van der Waals surface area contributed by atoms with Gasteiger partial charge in [0.05, 0.1) is 18.9 Å². The third-order valence-electron chi connectivity index (χ3n) is 15.8. The van der Waals surface area contributed by atoms with Crippen molar-refractivity contribution in [3.63, 3.8) is 0 Å². The fourth-order valence-electron chi connectivity index (χ4n) is 10.7. The largest absolute Gasteiger partial charge is 0.481 e. The van der Waals surface area contributed by atoms with Crippen molar-refractivity contribution < 1.29 is 107 Å².